The number of benzene rings is 1. The molecule has 0 saturated heterocycles. The average molecular weight is 433 g/mol. The Labute approximate surface area is 187 Å². The van der Waals surface area contributed by atoms with Gasteiger partial charge in [0.2, 0.25) is 5.91 Å². The first kappa shape index (κ1) is 23.0. The van der Waals surface area contributed by atoms with Crippen molar-refractivity contribution in [1.29, 1.82) is 5.26 Å². The molecule has 2 N–H and O–H groups in total. The first-order chi connectivity index (χ1) is 15.4. The van der Waals surface area contributed by atoms with Crippen LogP contribution in [0.2, 0.25) is 0 Å². The van der Waals surface area contributed by atoms with Gasteiger partial charge in [0.15, 0.2) is 0 Å². The molecular formula is C25H28N4O3. The Hall–Kier alpha value is -3.66. The number of allylic oxidation sites excluding steroid dienone is 1. The molecular weight excluding hydrogens is 404 g/mol. The Morgan fingerprint density at radius 3 is 2.56 bits per heavy atom. The molecule has 7 nitrogen and oxygen atoms in total. The standard InChI is InChI=1S/C25H28N4O3/c1-17-14-18(2)29(25(32)22(17)15-26)16-23(30)28-21-10-8-20(9-11-21)24(31)27-13-12-19-6-4-3-5-7-19/h6,8-11,14H,3-5,7,12-13,16H2,1-2H3,(H,27,31)(H,28,30). The van der Waals surface area contributed by atoms with E-state index in [4.69, 9.17) is 0 Å². The van der Waals surface area contributed by atoms with Crippen LogP contribution in [0, 0.1) is 25.2 Å². The van der Waals surface area contributed by atoms with Crippen molar-refractivity contribution in [2.45, 2.75) is 52.5 Å². The lowest BCUT2D eigenvalue weighted by Crippen LogP contribution is -2.31. The quantitative estimate of drug-likeness (QED) is 0.652. The van der Waals surface area contributed by atoms with Gasteiger partial charge in [0, 0.05) is 23.5 Å². The number of nitrogens with one attached hydrogen (secondary N) is 2. The Morgan fingerprint density at radius 1 is 1.16 bits per heavy atom. The molecule has 1 aliphatic rings. The van der Waals surface area contributed by atoms with E-state index in [1.165, 1.54) is 23.0 Å². The highest BCUT2D eigenvalue weighted by Crippen LogP contribution is 2.19. The molecule has 32 heavy (non-hydrogen) atoms. The zero-order valence-corrected chi connectivity index (χ0v) is 18.5. The molecule has 3 rings (SSSR count). The van der Waals surface area contributed by atoms with E-state index in [1.54, 1.807) is 44.2 Å². The van der Waals surface area contributed by atoms with Gasteiger partial charge in [0.05, 0.1) is 0 Å². The number of nitriles is 1. The van der Waals surface area contributed by atoms with Crippen LogP contribution in [-0.4, -0.2) is 22.9 Å². The molecule has 1 heterocycles. The smallest absolute Gasteiger partial charge is 0.269 e. The number of pyridine rings is 1. The first-order valence-electron chi connectivity index (χ1n) is 10.9. The maximum absolute atomic E-state index is 12.4. The summed E-state index contributed by atoms with van der Waals surface area (Å²) in [4.78, 5) is 37.2. The molecule has 1 aliphatic carbocycles. The Balaban J connectivity index is 1.56. The predicted molar refractivity (Wildman–Crippen MR) is 123 cm³/mol. The van der Waals surface area contributed by atoms with Crippen LogP contribution in [0.5, 0.6) is 0 Å². The summed E-state index contributed by atoms with van der Waals surface area (Å²) in [6.07, 6.45) is 7.89. The summed E-state index contributed by atoms with van der Waals surface area (Å²) in [5, 5.41) is 14.8. The number of carbonyl (C=O) groups excluding carboxylic acids is 2. The summed E-state index contributed by atoms with van der Waals surface area (Å²) in [6, 6.07) is 10.2. The van der Waals surface area contributed by atoms with Crippen LogP contribution in [-0.2, 0) is 11.3 Å². The molecule has 1 aromatic heterocycles. The Morgan fingerprint density at radius 2 is 1.91 bits per heavy atom. The van der Waals surface area contributed by atoms with Crippen LogP contribution >= 0.6 is 0 Å². The average Bonchev–Trinajstić information content (AvgIpc) is 2.78. The van der Waals surface area contributed by atoms with Crippen molar-refractivity contribution in [1.82, 2.24) is 9.88 Å². The van der Waals surface area contributed by atoms with Gasteiger partial charge in [-0.25, -0.2) is 0 Å². The third-order valence-electron chi connectivity index (χ3n) is 5.67. The van der Waals surface area contributed by atoms with Gasteiger partial charge < -0.3 is 15.2 Å². The van der Waals surface area contributed by atoms with Crippen molar-refractivity contribution in [2.24, 2.45) is 0 Å². The van der Waals surface area contributed by atoms with Crippen LogP contribution in [0.4, 0.5) is 5.69 Å². The number of hydrogen-bond donors (Lipinski definition) is 2. The van der Waals surface area contributed by atoms with Crippen molar-refractivity contribution < 1.29 is 9.59 Å². The van der Waals surface area contributed by atoms with Crippen LogP contribution < -0.4 is 16.2 Å². The predicted octanol–water partition coefficient (Wildman–Crippen LogP) is 3.60. The van der Waals surface area contributed by atoms with Crippen LogP contribution in [0.1, 0.15) is 59.3 Å². The van der Waals surface area contributed by atoms with Gasteiger partial charge in [-0.1, -0.05) is 11.6 Å². The maximum Gasteiger partial charge on any atom is 0.269 e. The Bertz CT molecular complexity index is 1140. The molecule has 0 radical (unpaired) electrons. The fourth-order valence-corrected chi connectivity index (χ4v) is 3.88. The lowest BCUT2D eigenvalue weighted by Gasteiger charge is -2.13. The molecule has 166 valence electrons. The Kier molecular flexibility index (Phi) is 7.61. The highest BCUT2D eigenvalue weighted by molar-refractivity contribution is 5.95. The minimum absolute atomic E-state index is 0.0403. The first-order valence-corrected chi connectivity index (χ1v) is 10.9. The molecule has 1 aromatic carbocycles. The van der Waals surface area contributed by atoms with Crippen LogP contribution in [0.25, 0.3) is 0 Å². The summed E-state index contributed by atoms with van der Waals surface area (Å²) in [5.74, 6) is -0.536. The lowest BCUT2D eigenvalue weighted by molar-refractivity contribution is -0.116. The molecule has 0 saturated carbocycles. The summed E-state index contributed by atoms with van der Waals surface area (Å²) in [5.41, 5.74) is 3.23. The second-order valence-electron chi connectivity index (χ2n) is 8.09. The lowest BCUT2D eigenvalue weighted by atomic mass is 9.97. The van der Waals surface area contributed by atoms with Crippen molar-refractivity contribution in [3.8, 4) is 6.07 Å². The van der Waals surface area contributed by atoms with Crippen molar-refractivity contribution >= 4 is 17.5 Å². The highest BCUT2D eigenvalue weighted by Gasteiger charge is 2.13. The van der Waals surface area contributed by atoms with E-state index in [0.29, 0.717) is 29.1 Å². The maximum atomic E-state index is 12.4. The molecule has 0 spiro atoms. The van der Waals surface area contributed by atoms with Crippen molar-refractivity contribution in [2.75, 3.05) is 11.9 Å². The van der Waals surface area contributed by atoms with E-state index in [-0.39, 0.29) is 23.9 Å². The molecule has 0 fully saturated rings. The van der Waals surface area contributed by atoms with Gasteiger partial charge in [-0.15, -0.1) is 0 Å². The van der Waals surface area contributed by atoms with Gasteiger partial charge in [0.1, 0.15) is 18.2 Å². The van der Waals surface area contributed by atoms with Gasteiger partial charge in [-0.3, -0.25) is 14.4 Å². The van der Waals surface area contributed by atoms with Gasteiger partial charge in [-0.2, -0.15) is 5.26 Å². The normalized spacial score (nSPS) is 13.1. The van der Waals surface area contributed by atoms with E-state index in [1.807, 2.05) is 6.07 Å². The van der Waals surface area contributed by atoms with Crippen LogP contribution in [0.3, 0.4) is 0 Å². The summed E-state index contributed by atoms with van der Waals surface area (Å²) in [7, 11) is 0. The zero-order valence-electron chi connectivity index (χ0n) is 18.5. The molecule has 2 amide bonds. The minimum Gasteiger partial charge on any atom is -0.352 e. The van der Waals surface area contributed by atoms with Crippen molar-refractivity contribution in [3.05, 3.63) is 74.7 Å². The number of aryl methyl sites for hydroxylation is 2. The van der Waals surface area contributed by atoms with Crippen LogP contribution in [0.15, 0.2) is 46.8 Å². The minimum atomic E-state index is -0.476. The molecule has 7 heteroatoms. The van der Waals surface area contributed by atoms with Crippen molar-refractivity contribution in [3.63, 3.8) is 0 Å². The number of rotatable bonds is 7. The summed E-state index contributed by atoms with van der Waals surface area (Å²) >= 11 is 0. The summed E-state index contributed by atoms with van der Waals surface area (Å²) < 4.78 is 1.28. The van der Waals surface area contributed by atoms with Gasteiger partial charge >= 0.3 is 0 Å². The van der Waals surface area contributed by atoms with Gasteiger partial charge in [0.25, 0.3) is 11.5 Å². The molecule has 0 unspecified atom stereocenters. The largest absolute Gasteiger partial charge is 0.352 e. The van der Waals surface area contributed by atoms with E-state index in [9.17, 15) is 19.6 Å². The second-order valence-corrected chi connectivity index (χ2v) is 8.09. The fraction of sp³-hybridized carbons (Fsp3) is 0.360. The second kappa shape index (κ2) is 10.6. The number of anilines is 1. The third kappa shape index (κ3) is 5.73. The van der Waals surface area contributed by atoms with E-state index >= 15 is 0 Å². The third-order valence-corrected chi connectivity index (χ3v) is 5.67. The SMILES string of the molecule is Cc1cc(C)n(CC(=O)Nc2ccc(C(=O)NCCC3=CCCCC3)cc2)c(=O)c1C#N. The zero-order chi connectivity index (χ0) is 23.1. The van der Waals surface area contributed by atoms with E-state index in [2.05, 4.69) is 16.7 Å². The molecule has 0 atom stereocenters. The number of aromatic nitrogens is 1. The fourth-order valence-electron chi connectivity index (χ4n) is 3.88. The van der Waals surface area contributed by atoms with E-state index in [0.717, 1.165) is 19.3 Å². The van der Waals surface area contributed by atoms with E-state index < -0.39 is 5.56 Å². The topological polar surface area (TPSA) is 104 Å². The number of carbonyl (C=O) groups is 2. The number of hydrogen-bond acceptors (Lipinski definition) is 4. The molecule has 0 bridgehead atoms. The molecule has 0 aliphatic heterocycles. The monoisotopic (exact) mass is 432 g/mol. The molecule has 2 aromatic rings. The summed E-state index contributed by atoms with van der Waals surface area (Å²) in [6.45, 7) is 3.83. The highest BCUT2D eigenvalue weighted by atomic mass is 16.2. The number of nitrogens with zero attached hydrogens (tertiary/aromatic N) is 2. The van der Waals surface area contributed by atoms with Gasteiger partial charge in [-0.05, 0) is 81.8 Å². The number of amides is 2.